The van der Waals surface area contributed by atoms with Gasteiger partial charge in [-0.25, -0.2) is 0 Å². The molecule has 0 spiro atoms. The van der Waals surface area contributed by atoms with E-state index in [4.69, 9.17) is 0 Å². The van der Waals surface area contributed by atoms with Gasteiger partial charge >= 0.3 is 0 Å². The van der Waals surface area contributed by atoms with Gasteiger partial charge in [0.05, 0.1) is 0 Å². The molecule has 1 aliphatic heterocycles. The average Bonchev–Trinajstić information content (AvgIpc) is 2.30. The minimum atomic E-state index is 0.282. The predicted octanol–water partition coefficient (Wildman–Crippen LogP) is 1.10. The van der Waals surface area contributed by atoms with Gasteiger partial charge < -0.3 is 10.2 Å². The Balaban J connectivity index is 2.09. The standard InChI is InChI=1S/C12H16N2O/c1-10-2-4-11(5-3-10)12-8-14(9-15)7-6-13-12/h2-5,9,12-13H,6-8H2,1H3. The first-order valence-corrected chi connectivity index (χ1v) is 5.29. The summed E-state index contributed by atoms with van der Waals surface area (Å²) in [6.07, 6.45) is 0.933. The molecule has 2 rings (SSSR count). The Bertz CT molecular complexity index is 334. The fourth-order valence-corrected chi connectivity index (χ4v) is 1.89. The van der Waals surface area contributed by atoms with Crippen LogP contribution in [0.25, 0.3) is 0 Å². The lowest BCUT2D eigenvalue weighted by Gasteiger charge is -2.31. The van der Waals surface area contributed by atoms with Crippen molar-refractivity contribution in [2.24, 2.45) is 0 Å². The van der Waals surface area contributed by atoms with Crippen LogP contribution in [-0.4, -0.2) is 30.9 Å². The molecule has 80 valence electrons. The molecule has 1 atom stereocenters. The number of hydrogen-bond acceptors (Lipinski definition) is 2. The number of nitrogens with one attached hydrogen (secondary N) is 1. The normalized spacial score (nSPS) is 21.4. The van der Waals surface area contributed by atoms with E-state index < -0.39 is 0 Å². The van der Waals surface area contributed by atoms with Gasteiger partial charge in [0.25, 0.3) is 0 Å². The number of piperazine rings is 1. The summed E-state index contributed by atoms with van der Waals surface area (Å²) in [6, 6.07) is 8.75. The van der Waals surface area contributed by atoms with Crippen molar-refractivity contribution in [2.75, 3.05) is 19.6 Å². The molecule has 15 heavy (non-hydrogen) atoms. The van der Waals surface area contributed by atoms with Crippen molar-refractivity contribution in [3.8, 4) is 0 Å². The van der Waals surface area contributed by atoms with Crippen LogP contribution in [0.4, 0.5) is 0 Å². The Hall–Kier alpha value is -1.35. The number of amides is 1. The first-order chi connectivity index (χ1) is 7.29. The van der Waals surface area contributed by atoms with Crippen LogP contribution in [-0.2, 0) is 4.79 Å². The monoisotopic (exact) mass is 204 g/mol. The first kappa shape index (κ1) is 10.2. The molecule has 1 unspecified atom stereocenters. The van der Waals surface area contributed by atoms with Crippen molar-refractivity contribution in [1.82, 2.24) is 10.2 Å². The van der Waals surface area contributed by atoms with Gasteiger partial charge in [-0.05, 0) is 12.5 Å². The van der Waals surface area contributed by atoms with Crippen molar-refractivity contribution >= 4 is 6.41 Å². The molecule has 0 saturated carbocycles. The number of nitrogens with zero attached hydrogens (tertiary/aromatic N) is 1. The van der Waals surface area contributed by atoms with Crippen LogP contribution in [0, 0.1) is 6.92 Å². The Morgan fingerprint density at radius 3 is 2.80 bits per heavy atom. The fourth-order valence-electron chi connectivity index (χ4n) is 1.89. The lowest BCUT2D eigenvalue weighted by molar-refractivity contribution is -0.119. The van der Waals surface area contributed by atoms with E-state index in [9.17, 15) is 4.79 Å². The van der Waals surface area contributed by atoms with Crippen LogP contribution in [0.3, 0.4) is 0 Å². The largest absolute Gasteiger partial charge is 0.342 e. The van der Waals surface area contributed by atoms with E-state index in [-0.39, 0.29) is 6.04 Å². The lowest BCUT2D eigenvalue weighted by Crippen LogP contribution is -2.44. The average molecular weight is 204 g/mol. The maximum absolute atomic E-state index is 10.7. The summed E-state index contributed by atoms with van der Waals surface area (Å²) < 4.78 is 0. The minimum absolute atomic E-state index is 0.282. The molecule has 1 saturated heterocycles. The Morgan fingerprint density at radius 2 is 2.13 bits per heavy atom. The van der Waals surface area contributed by atoms with Crippen LogP contribution in [0.5, 0.6) is 0 Å². The smallest absolute Gasteiger partial charge is 0.209 e. The zero-order valence-corrected chi connectivity index (χ0v) is 8.94. The highest BCUT2D eigenvalue weighted by Gasteiger charge is 2.18. The van der Waals surface area contributed by atoms with Gasteiger partial charge in [-0.3, -0.25) is 4.79 Å². The van der Waals surface area contributed by atoms with Crippen molar-refractivity contribution in [1.29, 1.82) is 0 Å². The molecule has 1 amide bonds. The summed E-state index contributed by atoms with van der Waals surface area (Å²) in [6.45, 7) is 4.53. The number of rotatable bonds is 2. The third-order valence-electron chi connectivity index (χ3n) is 2.84. The van der Waals surface area contributed by atoms with Gasteiger partial charge in [-0.2, -0.15) is 0 Å². The molecule has 0 aliphatic carbocycles. The van der Waals surface area contributed by atoms with E-state index in [2.05, 4.69) is 36.5 Å². The number of hydrogen-bond donors (Lipinski definition) is 1. The Kier molecular flexibility index (Phi) is 3.02. The van der Waals surface area contributed by atoms with Crippen molar-refractivity contribution < 1.29 is 4.79 Å². The number of benzene rings is 1. The molecule has 1 aromatic carbocycles. The summed E-state index contributed by atoms with van der Waals surface area (Å²) >= 11 is 0. The highest BCUT2D eigenvalue weighted by molar-refractivity contribution is 5.47. The maximum atomic E-state index is 10.7. The van der Waals surface area contributed by atoms with Crippen LogP contribution in [0.15, 0.2) is 24.3 Å². The molecule has 3 heteroatoms. The van der Waals surface area contributed by atoms with Crippen LogP contribution in [0.1, 0.15) is 17.2 Å². The first-order valence-electron chi connectivity index (χ1n) is 5.29. The lowest BCUT2D eigenvalue weighted by atomic mass is 10.0. The summed E-state index contributed by atoms with van der Waals surface area (Å²) in [5.41, 5.74) is 2.52. The molecule has 0 bridgehead atoms. The molecular formula is C12H16N2O. The molecule has 1 aliphatic rings. The molecule has 3 nitrogen and oxygen atoms in total. The van der Waals surface area contributed by atoms with E-state index in [1.807, 2.05) is 4.90 Å². The quantitative estimate of drug-likeness (QED) is 0.732. The van der Waals surface area contributed by atoms with E-state index in [1.165, 1.54) is 11.1 Å². The van der Waals surface area contributed by atoms with Crippen LogP contribution >= 0.6 is 0 Å². The van der Waals surface area contributed by atoms with Gasteiger partial charge in [0.15, 0.2) is 0 Å². The van der Waals surface area contributed by atoms with Crippen molar-refractivity contribution in [3.05, 3.63) is 35.4 Å². The second-order valence-electron chi connectivity index (χ2n) is 4.02. The zero-order valence-electron chi connectivity index (χ0n) is 8.94. The second kappa shape index (κ2) is 4.45. The molecule has 0 radical (unpaired) electrons. The predicted molar refractivity (Wildman–Crippen MR) is 59.6 cm³/mol. The second-order valence-corrected chi connectivity index (χ2v) is 4.02. The van der Waals surface area contributed by atoms with E-state index in [0.717, 1.165) is 26.0 Å². The molecule has 1 aromatic rings. The summed E-state index contributed by atoms with van der Waals surface area (Å²) in [5, 5.41) is 3.42. The van der Waals surface area contributed by atoms with E-state index in [1.54, 1.807) is 0 Å². The Morgan fingerprint density at radius 1 is 1.40 bits per heavy atom. The number of carbonyl (C=O) groups is 1. The third-order valence-corrected chi connectivity index (χ3v) is 2.84. The minimum Gasteiger partial charge on any atom is -0.342 e. The highest BCUT2D eigenvalue weighted by Crippen LogP contribution is 2.16. The topological polar surface area (TPSA) is 32.3 Å². The van der Waals surface area contributed by atoms with Crippen LogP contribution < -0.4 is 5.32 Å². The third kappa shape index (κ3) is 2.36. The molecule has 1 fully saturated rings. The highest BCUT2D eigenvalue weighted by atomic mass is 16.1. The van der Waals surface area contributed by atoms with Gasteiger partial charge in [-0.15, -0.1) is 0 Å². The molecule has 0 aromatic heterocycles. The van der Waals surface area contributed by atoms with Crippen molar-refractivity contribution in [2.45, 2.75) is 13.0 Å². The number of aryl methyl sites for hydroxylation is 1. The molecule has 1 heterocycles. The molecular weight excluding hydrogens is 188 g/mol. The Labute approximate surface area is 90.1 Å². The summed E-state index contributed by atoms with van der Waals surface area (Å²) in [7, 11) is 0. The fraction of sp³-hybridized carbons (Fsp3) is 0.417. The van der Waals surface area contributed by atoms with Crippen LogP contribution in [0.2, 0.25) is 0 Å². The SMILES string of the molecule is Cc1ccc(C2CN(C=O)CCN2)cc1. The maximum Gasteiger partial charge on any atom is 0.209 e. The van der Waals surface area contributed by atoms with Gasteiger partial charge in [0.1, 0.15) is 0 Å². The number of carbonyl (C=O) groups excluding carboxylic acids is 1. The summed E-state index contributed by atoms with van der Waals surface area (Å²) in [5.74, 6) is 0. The van der Waals surface area contributed by atoms with E-state index >= 15 is 0 Å². The summed E-state index contributed by atoms with van der Waals surface area (Å²) in [4.78, 5) is 12.5. The van der Waals surface area contributed by atoms with Gasteiger partial charge in [-0.1, -0.05) is 29.8 Å². The zero-order chi connectivity index (χ0) is 10.7. The van der Waals surface area contributed by atoms with Gasteiger partial charge in [0, 0.05) is 25.7 Å². The van der Waals surface area contributed by atoms with Gasteiger partial charge in [0.2, 0.25) is 6.41 Å². The van der Waals surface area contributed by atoms with Crippen molar-refractivity contribution in [3.63, 3.8) is 0 Å². The van der Waals surface area contributed by atoms with E-state index in [0.29, 0.717) is 0 Å². The molecule has 1 N–H and O–H groups in total.